The van der Waals surface area contributed by atoms with Crippen LogP contribution in [0.5, 0.6) is 0 Å². The third-order valence-corrected chi connectivity index (χ3v) is 3.89. The van der Waals surface area contributed by atoms with Gasteiger partial charge < -0.3 is 5.32 Å². The molecule has 0 heterocycles. The van der Waals surface area contributed by atoms with Crippen molar-refractivity contribution in [2.75, 3.05) is 5.32 Å². The first-order chi connectivity index (χ1) is 9.11. The number of nitro groups is 1. The van der Waals surface area contributed by atoms with Crippen LogP contribution >= 0.6 is 0 Å². The molecule has 19 heavy (non-hydrogen) atoms. The molecule has 0 radical (unpaired) electrons. The Labute approximate surface area is 112 Å². The van der Waals surface area contributed by atoms with Gasteiger partial charge in [-0.25, -0.2) is 0 Å². The number of halogens is 1. The van der Waals surface area contributed by atoms with Crippen molar-refractivity contribution in [3.63, 3.8) is 0 Å². The lowest BCUT2D eigenvalue weighted by atomic mass is 9.84. The molecule has 0 aromatic heterocycles. The lowest BCUT2D eigenvalue weighted by Gasteiger charge is -2.29. The molecular formula is C14H19FN2O2. The molecule has 104 valence electrons. The smallest absolute Gasteiger partial charge is 0.327 e. The van der Waals surface area contributed by atoms with Gasteiger partial charge in [0.25, 0.3) is 0 Å². The molecule has 1 aliphatic carbocycles. The van der Waals surface area contributed by atoms with Crippen molar-refractivity contribution in [1.29, 1.82) is 0 Å². The minimum absolute atomic E-state index is 0.208. The Hall–Kier alpha value is -1.65. The lowest BCUT2D eigenvalue weighted by molar-refractivity contribution is -0.386. The summed E-state index contributed by atoms with van der Waals surface area (Å²) in [4.78, 5) is 10.3. The number of nitro benzene ring substituents is 1. The Balaban J connectivity index is 2.14. The molecule has 0 bridgehead atoms. The zero-order valence-electron chi connectivity index (χ0n) is 11.1. The number of para-hydroxylation sites is 1. The average Bonchev–Trinajstić information content (AvgIpc) is 2.38. The number of anilines is 1. The monoisotopic (exact) mass is 266 g/mol. The molecule has 0 saturated heterocycles. The van der Waals surface area contributed by atoms with E-state index in [4.69, 9.17) is 0 Å². The van der Waals surface area contributed by atoms with Gasteiger partial charge in [-0.2, -0.15) is 4.39 Å². The van der Waals surface area contributed by atoms with Gasteiger partial charge in [0, 0.05) is 6.04 Å². The van der Waals surface area contributed by atoms with Gasteiger partial charge in [0.2, 0.25) is 5.82 Å². The van der Waals surface area contributed by atoms with E-state index in [9.17, 15) is 14.5 Å². The lowest BCUT2D eigenvalue weighted by Crippen LogP contribution is -2.27. The van der Waals surface area contributed by atoms with Crippen molar-refractivity contribution in [2.24, 2.45) is 5.92 Å². The summed E-state index contributed by atoms with van der Waals surface area (Å²) in [6, 6.07) is 4.42. The molecule has 0 aliphatic heterocycles. The summed E-state index contributed by atoms with van der Waals surface area (Å²) < 4.78 is 13.5. The standard InChI is InChI=1S/C14H19FN2O2/c1-2-10-5-3-6-11(9-10)16-13-8-4-7-12(15)14(13)17(18)19/h4,7-8,10-11,16H,2-3,5-6,9H2,1H3. The Morgan fingerprint density at radius 3 is 2.95 bits per heavy atom. The van der Waals surface area contributed by atoms with E-state index in [0.29, 0.717) is 11.6 Å². The molecular weight excluding hydrogens is 247 g/mol. The molecule has 1 N–H and O–H groups in total. The zero-order valence-corrected chi connectivity index (χ0v) is 11.1. The van der Waals surface area contributed by atoms with Gasteiger partial charge >= 0.3 is 5.69 Å². The first-order valence-corrected chi connectivity index (χ1v) is 6.81. The van der Waals surface area contributed by atoms with E-state index in [1.807, 2.05) is 0 Å². The number of benzene rings is 1. The average molecular weight is 266 g/mol. The van der Waals surface area contributed by atoms with Crippen LogP contribution in [0, 0.1) is 21.8 Å². The van der Waals surface area contributed by atoms with Gasteiger partial charge in [-0.15, -0.1) is 0 Å². The SMILES string of the molecule is CCC1CCCC(Nc2cccc(F)c2[N+](=O)[O-])C1. The van der Waals surface area contributed by atoms with Crippen LogP contribution in [-0.2, 0) is 0 Å². The van der Waals surface area contributed by atoms with Crippen molar-refractivity contribution < 1.29 is 9.31 Å². The molecule has 2 atom stereocenters. The number of nitrogens with one attached hydrogen (secondary N) is 1. The molecule has 4 nitrogen and oxygen atoms in total. The van der Waals surface area contributed by atoms with Crippen LogP contribution in [-0.4, -0.2) is 11.0 Å². The number of rotatable bonds is 4. The Kier molecular flexibility index (Phi) is 4.35. The van der Waals surface area contributed by atoms with Crippen LogP contribution in [0.1, 0.15) is 39.0 Å². The van der Waals surface area contributed by atoms with Gasteiger partial charge in [0.15, 0.2) is 0 Å². The molecule has 2 rings (SSSR count). The minimum atomic E-state index is -0.780. The van der Waals surface area contributed by atoms with Crippen molar-refractivity contribution in [2.45, 2.75) is 45.1 Å². The van der Waals surface area contributed by atoms with Crippen molar-refractivity contribution >= 4 is 11.4 Å². The second-order valence-electron chi connectivity index (χ2n) is 5.18. The summed E-state index contributed by atoms with van der Waals surface area (Å²) in [6.45, 7) is 2.16. The highest BCUT2D eigenvalue weighted by Gasteiger charge is 2.25. The Bertz CT molecular complexity index is 465. The second kappa shape index (κ2) is 5.99. The van der Waals surface area contributed by atoms with Crippen molar-refractivity contribution in [3.05, 3.63) is 34.1 Å². The third kappa shape index (κ3) is 3.22. The molecule has 1 aromatic rings. The van der Waals surface area contributed by atoms with Gasteiger partial charge in [-0.05, 0) is 30.9 Å². The van der Waals surface area contributed by atoms with Crippen LogP contribution in [0.15, 0.2) is 18.2 Å². The van der Waals surface area contributed by atoms with E-state index in [2.05, 4.69) is 12.2 Å². The number of hydrogen-bond donors (Lipinski definition) is 1. The summed E-state index contributed by atoms with van der Waals surface area (Å²) in [5.41, 5.74) is -0.145. The summed E-state index contributed by atoms with van der Waals surface area (Å²) in [7, 11) is 0. The molecule has 2 unspecified atom stereocenters. The van der Waals surface area contributed by atoms with Crippen LogP contribution in [0.4, 0.5) is 15.8 Å². The molecule has 1 aliphatic rings. The van der Waals surface area contributed by atoms with Gasteiger partial charge in [-0.3, -0.25) is 10.1 Å². The zero-order chi connectivity index (χ0) is 13.8. The number of nitrogens with zero attached hydrogens (tertiary/aromatic N) is 1. The molecule has 1 aromatic carbocycles. The highest BCUT2D eigenvalue weighted by molar-refractivity contribution is 5.62. The predicted octanol–water partition coefficient (Wildman–Crippen LogP) is 4.11. The molecule has 0 spiro atoms. The maximum atomic E-state index is 13.5. The van der Waals surface area contributed by atoms with E-state index in [1.165, 1.54) is 12.5 Å². The first kappa shape index (κ1) is 13.8. The first-order valence-electron chi connectivity index (χ1n) is 6.81. The fraction of sp³-hybridized carbons (Fsp3) is 0.571. The highest BCUT2D eigenvalue weighted by Crippen LogP contribution is 2.32. The minimum Gasteiger partial charge on any atom is -0.377 e. The topological polar surface area (TPSA) is 55.2 Å². The van der Waals surface area contributed by atoms with E-state index >= 15 is 0 Å². The van der Waals surface area contributed by atoms with Crippen LogP contribution in [0.25, 0.3) is 0 Å². The second-order valence-corrected chi connectivity index (χ2v) is 5.18. The summed E-state index contributed by atoms with van der Waals surface area (Å²) in [6.07, 6.45) is 5.47. The van der Waals surface area contributed by atoms with E-state index in [0.717, 1.165) is 31.7 Å². The summed E-state index contributed by atoms with van der Waals surface area (Å²) >= 11 is 0. The largest absolute Gasteiger partial charge is 0.377 e. The Morgan fingerprint density at radius 1 is 1.47 bits per heavy atom. The third-order valence-electron chi connectivity index (χ3n) is 3.89. The van der Waals surface area contributed by atoms with Gasteiger partial charge in [-0.1, -0.05) is 32.3 Å². The number of hydrogen-bond acceptors (Lipinski definition) is 3. The molecule has 5 heteroatoms. The van der Waals surface area contributed by atoms with Crippen LogP contribution in [0.3, 0.4) is 0 Å². The van der Waals surface area contributed by atoms with Crippen LogP contribution < -0.4 is 5.32 Å². The van der Waals surface area contributed by atoms with Crippen molar-refractivity contribution in [3.8, 4) is 0 Å². The van der Waals surface area contributed by atoms with Crippen LogP contribution in [0.2, 0.25) is 0 Å². The maximum absolute atomic E-state index is 13.5. The van der Waals surface area contributed by atoms with Crippen molar-refractivity contribution in [1.82, 2.24) is 0 Å². The summed E-state index contributed by atoms with van der Waals surface area (Å²) in [5.74, 6) is -0.114. The summed E-state index contributed by atoms with van der Waals surface area (Å²) in [5, 5.41) is 14.1. The molecule has 1 saturated carbocycles. The van der Waals surface area contributed by atoms with E-state index < -0.39 is 16.4 Å². The predicted molar refractivity (Wildman–Crippen MR) is 72.7 cm³/mol. The quantitative estimate of drug-likeness (QED) is 0.659. The van der Waals surface area contributed by atoms with E-state index in [1.54, 1.807) is 6.07 Å². The maximum Gasteiger partial charge on any atom is 0.327 e. The Morgan fingerprint density at radius 2 is 2.26 bits per heavy atom. The molecule has 0 amide bonds. The van der Waals surface area contributed by atoms with E-state index in [-0.39, 0.29) is 6.04 Å². The normalized spacial score (nSPS) is 23.1. The fourth-order valence-corrected chi connectivity index (χ4v) is 2.83. The van der Waals surface area contributed by atoms with Gasteiger partial charge in [0.1, 0.15) is 5.69 Å². The fourth-order valence-electron chi connectivity index (χ4n) is 2.83. The highest BCUT2D eigenvalue weighted by atomic mass is 19.1. The molecule has 1 fully saturated rings. The van der Waals surface area contributed by atoms with Gasteiger partial charge in [0.05, 0.1) is 4.92 Å².